The highest BCUT2D eigenvalue weighted by molar-refractivity contribution is 5.83. The largest absolute Gasteiger partial charge is 0.368 e. The molecule has 0 aromatic heterocycles. The average molecular weight is 258 g/mol. The predicted molar refractivity (Wildman–Crippen MR) is 71.1 cm³/mol. The zero-order valence-corrected chi connectivity index (χ0v) is 11.7. The molecule has 0 aromatic rings. The second-order valence-corrected chi connectivity index (χ2v) is 5.45. The number of nitrogens with one attached hydrogen (secondary N) is 2. The van der Waals surface area contributed by atoms with E-state index in [1.54, 1.807) is 0 Å². The van der Waals surface area contributed by atoms with Crippen molar-refractivity contribution in [1.82, 2.24) is 10.9 Å². The van der Waals surface area contributed by atoms with Gasteiger partial charge in [0.1, 0.15) is 6.04 Å². The molecule has 0 rings (SSSR count). The summed E-state index contributed by atoms with van der Waals surface area (Å²) in [5.41, 5.74) is 16.1. The van der Waals surface area contributed by atoms with Gasteiger partial charge in [-0.15, -0.1) is 0 Å². The summed E-state index contributed by atoms with van der Waals surface area (Å²) < 4.78 is 0. The van der Waals surface area contributed by atoms with Crippen molar-refractivity contribution in [2.45, 2.75) is 52.6 Å². The van der Waals surface area contributed by atoms with Crippen LogP contribution in [0.1, 0.15) is 40.5 Å². The highest BCUT2D eigenvalue weighted by Crippen LogP contribution is 2.04. The summed E-state index contributed by atoms with van der Waals surface area (Å²) in [7, 11) is 0. The molecule has 0 saturated carbocycles. The standard InChI is InChI=1S/C12H26N4O2/c1-7(2)5-9(13)12(18)16-15-10(11(14)17)6-8(3)4/h7-10,15H,5-6,13H2,1-4H3,(H2,14,17)(H,16,18)/t9-,10-/m1/s1. The average Bonchev–Trinajstić information content (AvgIpc) is 2.21. The lowest BCUT2D eigenvalue weighted by Gasteiger charge is -2.20. The summed E-state index contributed by atoms with van der Waals surface area (Å²) >= 11 is 0. The van der Waals surface area contributed by atoms with E-state index in [0.29, 0.717) is 24.7 Å². The highest BCUT2D eigenvalue weighted by Gasteiger charge is 2.20. The third kappa shape index (κ3) is 7.24. The maximum atomic E-state index is 11.6. The minimum Gasteiger partial charge on any atom is -0.368 e. The molecule has 2 atom stereocenters. The van der Waals surface area contributed by atoms with Crippen LogP contribution in [-0.2, 0) is 9.59 Å². The van der Waals surface area contributed by atoms with Gasteiger partial charge in [0, 0.05) is 0 Å². The number of amides is 2. The molecule has 106 valence electrons. The second-order valence-electron chi connectivity index (χ2n) is 5.45. The predicted octanol–water partition coefficient (Wildman–Crippen LogP) is -0.119. The van der Waals surface area contributed by atoms with E-state index in [4.69, 9.17) is 11.5 Å². The summed E-state index contributed by atoms with van der Waals surface area (Å²) in [6.45, 7) is 7.94. The first kappa shape index (κ1) is 16.9. The van der Waals surface area contributed by atoms with Crippen LogP contribution in [0.5, 0.6) is 0 Å². The normalized spacial score (nSPS) is 14.6. The van der Waals surface area contributed by atoms with Crippen molar-refractivity contribution in [3.8, 4) is 0 Å². The number of carbonyl (C=O) groups is 2. The van der Waals surface area contributed by atoms with Gasteiger partial charge in [0.15, 0.2) is 0 Å². The fourth-order valence-electron chi connectivity index (χ4n) is 1.58. The molecular weight excluding hydrogens is 232 g/mol. The Kier molecular flexibility index (Phi) is 7.54. The van der Waals surface area contributed by atoms with Crippen LogP contribution in [0.15, 0.2) is 0 Å². The van der Waals surface area contributed by atoms with Crippen LogP contribution < -0.4 is 22.3 Å². The zero-order valence-electron chi connectivity index (χ0n) is 11.7. The van der Waals surface area contributed by atoms with Crippen molar-refractivity contribution in [3.63, 3.8) is 0 Å². The van der Waals surface area contributed by atoms with Crippen molar-refractivity contribution >= 4 is 11.8 Å². The molecular formula is C12H26N4O2. The molecule has 0 aliphatic rings. The topological polar surface area (TPSA) is 110 Å². The van der Waals surface area contributed by atoms with Crippen LogP contribution in [-0.4, -0.2) is 23.9 Å². The molecule has 0 radical (unpaired) electrons. The van der Waals surface area contributed by atoms with Crippen molar-refractivity contribution in [1.29, 1.82) is 0 Å². The lowest BCUT2D eigenvalue weighted by atomic mass is 10.0. The Morgan fingerprint density at radius 2 is 1.56 bits per heavy atom. The molecule has 0 unspecified atom stereocenters. The smallest absolute Gasteiger partial charge is 0.251 e. The molecule has 0 spiro atoms. The van der Waals surface area contributed by atoms with E-state index in [2.05, 4.69) is 10.9 Å². The Balaban J connectivity index is 4.18. The first-order valence-electron chi connectivity index (χ1n) is 6.34. The van der Waals surface area contributed by atoms with Gasteiger partial charge in [-0.05, 0) is 24.7 Å². The Labute approximate surface area is 109 Å². The highest BCUT2D eigenvalue weighted by atomic mass is 16.2. The van der Waals surface area contributed by atoms with Crippen molar-refractivity contribution in [2.75, 3.05) is 0 Å². The van der Waals surface area contributed by atoms with Crippen molar-refractivity contribution < 1.29 is 9.59 Å². The van der Waals surface area contributed by atoms with E-state index >= 15 is 0 Å². The van der Waals surface area contributed by atoms with Crippen LogP contribution >= 0.6 is 0 Å². The lowest BCUT2D eigenvalue weighted by molar-refractivity contribution is -0.125. The molecule has 6 heteroatoms. The van der Waals surface area contributed by atoms with Gasteiger partial charge >= 0.3 is 0 Å². The summed E-state index contributed by atoms with van der Waals surface area (Å²) in [5, 5.41) is 0. The molecule has 0 bridgehead atoms. The summed E-state index contributed by atoms with van der Waals surface area (Å²) in [6.07, 6.45) is 1.16. The van der Waals surface area contributed by atoms with E-state index in [1.165, 1.54) is 0 Å². The number of carbonyl (C=O) groups excluding carboxylic acids is 2. The van der Waals surface area contributed by atoms with Gasteiger partial charge in [0.2, 0.25) is 5.91 Å². The molecule has 2 amide bonds. The maximum absolute atomic E-state index is 11.6. The first-order valence-corrected chi connectivity index (χ1v) is 6.34. The van der Waals surface area contributed by atoms with Crippen molar-refractivity contribution in [2.24, 2.45) is 23.3 Å². The third-order valence-electron chi connectivity index (χ3n) is 2.48. The van der Waals surface area contributed by atoms with E-state index < -0.39 is 18.0 Å². The van der Waals surface area contributed by atoms with Gasteiger partial charge < -0.3 is 11.5 Å². The third-order valence-corrected chi connectivity index (χ3v) is 2.48. The van der Waals surface area contributed by atoms with Gasteiger partial charge in [0.05, 0.1) is 6.04 Å². The number of hydrogen-bond acceptors (Lipinski definition) is 4. The van der Waals surface area contributed by atoms with Gasteiger partial charge in [-0.1, -0.05) is 27.7 Å². The Morgan fingerprint density at radius 1 is 1.06 bits per heavy atom. The minimum absolute atomic E-state index is 0.302. The van der Waals surface area contributed by atoms with Gasteiger partial charge in [0.25, 0.3) is 5.91 Å². The molecule has 6 N–H and O–H groups in total. The number of rotatable bonds is 8. The van der Waals surface area contributed by atoms with E-state index in [-0.39, 0.29) is 5.91 Å². The molecule has 0 fully saturated rings. The second kappa shape index (κ2) is 8.05. The van der Waals surface area contributed by atoms with Crippen LogP contribution in [0.25, 0.3) is 0 Å². The summed E-state index contributed by atoms with van der Waals surface area (Å²) in [5.74, 6) is -0.162. The number of nitrogens with two attached hydrogens (primary N) is 2. The van der Waals surface area contributed by atoms with Crippen LogP contribution in [0.3, 0.4) is 0 Å². The maximum Gasteiger partial charge on any atom is 0.251 e. The number of hydrogen-bond donors (Lipinski definition) is 4. The summed E-state index contributed by atoms with van der Waals surface area (Å²) in [4.78, 5) is 22.8. The van der Waals surface area contributed by atoms with E-state index in [0.717, 1.165) is 0 Å². The molecule has 0 heterocycles. The molecule has 18 heavy (non-hydrogen) atoms. The Hall–Kier alpha value is -1.14. The van der Waals surface area contributed by atoms with Crippen LogP contribution in [0, 0.1) is 11.8 Å². The Bertz CT molecular complexity index is 279. The Morgan fingerprint density at radius 3 is 1.94 bits per heavy atom. The number of hydrazine groups is 1. The van der Waals surface area contributed by atoms with Gasteiger partial charge in [-0.3, -0.25) is 15.0 Å². The molecule has 0 aliphatic heterocycles. The molecule has 0 aliphatic carbocycles. The van der Waals surface area contributed by atoms with E-state index in [1.807, 2.05) is 27.7 Å². The molecule has 6 nitrogen and oxygen atoms in total. The SMILES string of the molecule is CC(C)C[C@@H](N)C(=O)NN[C@H](CC(C)C)C(N)=O. The minimum atomic E-state index is -0.579. The van der Waals surface area contributed by atoms with Gasteiger partial charge in [-0.2, -0.15) is 0 Å². The van der Waals surface area contributed by atoms with Crippen LogP contribution in [0.4, 0.5) is 0 Å². The molecule has 0 aromatic carbocycles. The number of primary amides is 1. The van der Waals surface area contributed by atoms with Gasteiger partial charge in [-0.25, -0.2) is 5.43 Å². The quantitative estimate of drug-likeness (QED) is 0.455. The van der Waals surface area contributed by atoms with Crippen LogP contribution in [0.2, 0.25) is 0 Å². The lowest BCUT2D eigenvalue weighted by Crippen LogP contribution is -2.54. The zero-order chi connectivity index (χ0) is 14.3. The fourth-order valence-corrected chi connectivity index (χ4v) is 1.58. The molecule has 0 saturated heterocycles. The monoisotopic (exact) mass is 258 g/mol. The first-order chi connectivity index (χ1) is 8.23. The fraction of sp³-hybridized carbons (Fsp3) is 0.833. The summed E-state index contributed by atoms with van der Waals surface area (Å²) in [6, 6.07) is -1.15. The van der Waals surface area contributed by atoms with Crippen molar-refractivity contribution in [3.05, 3.63) is 0 Å². The van der Waals surface area contributed by atoms with E-state index in [9.17, 15) is 9.59 Å².